The van der Waals surface area contributed by atoms with Crippen LogP contribution < -0.4 is 0 Å². The molecule has 0 aliphatic carbocycles. The monoisotopic (exact) mass is 354 g/mol. The van der Waals surface area contributed by atoms with Gasteiger partial charge < -0.3 is 14.2 Å². The van der Waals surface area contributed by atoms with Crippen molar-refractivity contribution in [2.24, 2.45) is 0 Å². The maximum atomic E-state index is 12.7. The second kappa shape index (κ2) is 8.21. The molecule has 1 aromatic heterocycles. The number of carbonyl (C=O) groups is 2. The van der Waals surface area contributed by atoms with Crippen LogP contribution in [0.15, 0.2) is 41.0 Å². The topological polar surface area (TPSA) is 53.8 Å². The van der Waals surface area contributed by atoms with E-state index in [0.29, 0.717) is 37.4 Å². The zero-order chi connectivity index (χ0) is 18.5. The summed E-state index contributed by atoms with van der Waals surface area (Å²) >= 11 is 0. The highest BCUT2D eigenvalue weighted by Crippen LogP contribution is 2.19. The molecule has 5 nitrogen and oxygen atoms in total. The number of aryl methyl sites for hydroxylation is 1. The van der Waals surface area contributed by atoms with E-state index in [0.717, 1.165) is 19.4 Å². The molecule has 1 aromatic carbocycles. The minimum Gasteiger partial charge on any atom is -0.469 e. The summed E-state index contributed by atoms with van der Waals surface area (Å²) in [5.41, 5.74) is 3.13. The van der Waals surface area contributed by atoms with Gasteiger partial charge in [-0.25, -0.2) is 0 Å². The third kappa shape index (κ3) is 3.98. The van der Waals surface area contributed by atoms with E-state index < -0.39 is 0 Å². The molecule has 0 radical (unpaired) electrons. The van der Waals surface area contributed by atoms with Gasteiger partial charge in [-0.05, 0) is 37.0 Å². The molecule has 0 N–H and O–H groups in total. The Morgan fingerprint density at radius 2 is 1.92 bits per heavy atom. The minimum atomic E-state index is -0.0603. The third-order valence-corrected chi connectivity index (χ3v) is 4.95. The van der Waals surface area contributed by atoms with E-state index in [-0.39, 0.29) is 11.8 Å². The number of nitrogens with zero attached hydrogens (tertiary/aromatic N) is 2. The van der Waals surface area contributed by atoms with Crippen molar-refractivity contribution in [2.45, 2.75) is 39.7 Å². The molecule has 3 rings (SSSR count). The average molecular weight is 354 g/mol. The van der Waals surface area contributed by atoms with Gasteiger partial charge in [-0.1, -0.05) is 31.2 Å². The standard InChI is InChI=1S/C21H26N2O3/c1-3-11-22(21(25)19-10-14-26-16(19)2)13-9-20(24)23-12-8-17-6-4-5-7-18(17)15-23/h4-7,10,14H,3,8-9,11-13,15H2,1-2H3. The predicted octanol–water partition coefficient (Wildman–Crippen LogP) is 3.42. The van der Waals surface area contributed by atoms with E-state index in [2.05, 4.69) is 12.1 Å². The van der Waals surface area contributed by atoms with Crippen molar-refractivity contribution in [3.05, 3.63) is 59.0 Å². The summed E-state index contributed by atoms with van der Waals surface area (Å²) in [4.78, 5) is 29.0. The minimum absolute atomic E-state index is 0.0603. The van der Waals surface area contributed by atoms with Crippen LogP contribution >= 0.6 is 0 Å². The molecule has 0 saturated heterocycles. The molecule has 0 unspecified atom stereocenters. The first kappa shape index (κ1) is 18.2. The molecule has 0 atom stereocenters. The van der Waals surface area contributed by atoms with Gasteiger partial charge in [0, 0.05) is 32.6 Å². The molecule has 2 amide bonds. The molecular weight excluding hydrogens is 328 g/mol. The molecule has 1 aliphatic rings. The lowest BCUT2D eigenvalue weighted by Crippen LogP contribution is -2.39. The fourth-order valence-corrected chi connectivity index (χ4v) is 3.46. The van der Waals surface area contributed by atoms with Crippen LogP contribution in [0, 0.1) is 6.92 Å². The quantitative estimate of drug-likeness (QED) is 0.799. The van der Waals surface area contributed by atoms with Crippen molar-refractivity contribution in [3.8, 4) is 0 Å². The normalized spacial score (nSPS) is 13.4. The van der Waals surface area contributed by atoms with Gasteiger partial charge in [0.15, 0.2) is 0 Å². The molecule has 2 aromatic rings. The number of carbonyl (C=O) groups excluding carboxylic acids is 2. The Kier molecular flexibility index (Phi) is 5.76. The lowest BCUT2D eigenvalue weighted by molar-refractivity contribution is -0.132. The summed E-state index contributed by atoms with van der Waals surface area (Å²) in [6.45, 7) is 6.31. The van der Waals surface area contributed by atoms with Crippen molar-refractivity contribution in [1.82, 2.24) is 9.80 Å². The predicted molar refractivity (Wildman–Crippen MR) is 99.8 cm³/mol. The molecule has 5 heteroatoms. The number of rotatable bonds is 6. The lowest BCUT2D eigenvalue weighted by Gasteiger charge is -2.30. The van der Waals surface area contributed by atoms with Crippen molar-refractivity contribution in [1.29, 1.82) is 0 Å². The largest absolute Gasteiger partial charge is 0.469 e. The van der Waals surface area contributed by atoms with Gasteiger partial charge in [-0.3, -0.25) is 9.59 Å². The maximum Gasteiger partial charge on any atom is 0.257 e. The van der Waals surface area contributed by atoms with E-state index in [4.69, 9.17) is 4.42 Å². The van der Waals surface area contributed by atoms with Crippen LogP contribution in [0.3, 0.4) is 0 Å². The van der Waals surface area contributed by atoms with Gasteiger partial charge >= 0.3 is 0 Å². The number of fused-ring (bicyclic) bond motifs is 1. The first-order chi connectivity index (χ1) is 12.6. The zero-order valence-electron chi connectivity index (χ0n) is 15.5. The average Bonchev–Trinajstić information content (AvgIpc) is 3.09. The Morgan fingerprint density at radius 3 is 2.62 bits per heavy atom. The highest BCUT2D eigenvalue weighted by molar-refractivity contribution is 5.95. The summed E-state index contributed by atoms with van der Waals surface area (Å²) in [5.74, 6) is 0.669. The Morgan fingerprint density at radius 1 is 1.15 bits per heavy atom. The van der Waals surface area contributed by atoms with Crippen molar-refractivity contribution in [3.63, 3.8) is 0 Å². The summed E-state index contributed by atoms with van der Waals surface area (Å²) in [5, 5.41) is 0. The van der Waals surface area contributed by atoms with E-state index in [1.165, 1.54) is 17.4 Å². The summed E-state index contributed by atoms with van der Waals surface area (Å²) in [6, 6.07) is 9.98. The number of amides is 2. The summed E-state index contributed by atoms with van der Waals surface area (Å²) in [7, 11) is 0. The van der Waals surface area contributed by atoms with E-state index in [1.807, 2.05) is 24.0 Å². The number of furan rings is 1. The fraction of sp³-hybridized carbons (Fsp3) is 0.429. The van der Waals surface area contributed by atoms with Gasteiger partial charge in [-0.15, -0.1) is 0 Å². The van der Waals surface area contributed by atoms with Crippen LogP contribution in [0.2, 0.25) is 0 Å². The molecule has 138 valence electrons. The molecule has 26 heavy (non-hydrogen) atoms. The molecule has 1 aliphatic heterocycles. The fourth-order valence-electron chi connectivity index (χ4n) is 3.46. The van der Waals surface area contributed by atoms with Crippen LogP contribution in [-0.2, 0) is 17.8 Å². The van der Waals surface area contributed by atoms with Crippen molar-refractivity contribution >= 4 is 11.8 Å². The smallest absolute Gasteiger partial charge is 0.257 e. The molecular formula is C21H26N2O3. The summed E-state index contributed by atoms with van der Waals surface area (Å²) < 4.78 is 5.25. The van der Waals surface area contributed by atoms with Crippen LogP contribution in [0.5, 0.6) is 0 Å². The Balaban J connectivity index is 1.60. The van der Waals surface area contributed by atoms with E-state index in [1.54, 1.807) is 17.9 Å². The van der Waals surface area contributed by atoms with Gasteiger partial charge in [0.05, 0.1) is 11.8 Å². The van der Waals surface area contributed by atoms with Gasteiger partial charge in [0.1, 0.15) is 5.76 Å². The first-order valence-corrected chi connectivity index (χ1v) is 9.28. The highest BCUT2D eigenvalue weighted by atomic mass is 16.3. The van der Waals surface area contributed by atoms with E-state index in [9.17, 15) is 9.59 Å². The second-order valence-electron chi connectivity index (χ2n) is 6.77. The van der Waals surface area contributed by atoms with Crippen LogP contribution in [0.1, 0.15) is 47.0 Å². The molecule has 0 fully saturated rings. The Hall–Kier alpha value is -2.56. The SMILES string of the molecule is CCCN(CCC(=O)N1CCc2ccccc2C1)C(=O)c1ccoc1C. The van der Waals surface area contributed by atoms with E-state index >= 15 is 0 Å². The van der Waals surface area contributed by atoms with Gasteiger partial charge in [0.25, 0.3) is 5.91 Å². The van der Waals surface area contributed by atoms with Crippen LogP contribution in [0.4, 0.5) is 0 Å². The first-order valence-electron chi connectivity index (χ1n) is 9.28. The Labute approximate surface area is 154 Å². The number of hydrogen-bond acceptors (Lipinski definition) is 3. The van der Waals surface area contributed by atoms with Crippen molar-refractivity contribution in [2.75, 3.05) is 19.6 Å². The number of benzene rings is 1. The second-order valence-corrected chi connectivity index (χ2v) is 6.77. The highest BCUT2D eigenvalue weighted by Gasteiger charge is 2.23. The van der Waals surface area contributed by atoms with Gasteiger partial charge in [0.2, 0.25) is 5.91 Å². The lowest BCUT2D eigenvalue weighted by atomic mass is 10.00. The van der Waals surface area contributed by atoms with Crippen molar-refractivity contribution < 1.29 is 14.0 Å². The summed E-state index contributed by atoms with van der Waals surface area (Å²) in [6.07, 6.45) is 3.63. The zero-order valence-corrected chi connectivity index (χ0v) is 15.5. The molecule has 2 heterocycles. The third-order valence-electron chi connectivity index (χ3n) is 4.95. The van der Waals surface area contributed by atoms with Crippen LogP contribution in [-0.4, -0.2) is 41.2 Å². The Bertz CT molecular complexity index is 781. The molecule has 0 saturated carbocycles. The van der Waals surface area contributed by atoms with Gasteiger partial charge in [-0.2, -0.15) is 0 Å². The van der Waals surface area contributed by atoms with Crippen LogP contribution in [0.25, 0.3) is 0 Å². The number of hydrogen-bond donors (Lipinski definition) is 0. The molecule has 0 bridgehead atoms. The maximum absolute atomic E-state index is 12.7. The molecule has 0 spiro atoms.